The molecule has 0 unspecified atom stereocenters. The van der Waals surface area contributed by atoms with E-state index in [4.69, 9.17) is 5.11 Å². The topological polar surface area (TPSA) is 37.5 Å². The molecule has 11 heavy (non-hydrogen) atoms. The van der Waals surface area contributed by atoms with Crippen LogP contribution in [0.1, 0.15) is 5.69 Å². The fourth-order valence-corrected chi connectivity index (χ4v) is 1.12. The van der Waals surface area contributed by atoms with E-state index in [1.807, 2.05) is 28.8 Å². The van der Waals surface area contributed by atoms with Crippen LogP contribution in [0.2, 0.25) is 0 Å². The van der Waals surface area contributed by atoms with E-state index < -0.39 is 0 Å². The van der Waals surface area contributed by atoms with Gasteiger partial charge < -0.3 is 9.51 Å². The number of imidazole rings is 1. The first-order chi connectivity index (χ1) is 5.42. The molecule has 2 aromatic rings. The predicted molar refractivity (Wildman–Crippen MR) is 41.1 cm³/mol. The third-order valence-electron chi connectivity index (χ3n) is 1.67. The number of nitrogens with zero attached hydrogens (tertiary/aromatic N) is 2. The molecule has 0 saturated heterocycles. The third-order valence-corrected chi connectivity index (χ3v) is 1.67. The Hall–Kier alpha value is -1.35. The minimum Gasteiger partial charge on any atom is -0.390 e. The van der Waals surface area contributed by atoms with Gasteiger partial charge in [0.1, 0.15) is 0 Å². The maximum absolute atomic E-state index is 8.85. The number of rotatable bonds is 1. The number of hydrogen-bond acceptors (Lipinski definition) is 2. The molecule has 0 bridgehead atoms. The highest BCUT2D eigenvalue weighted by Gasteiger charge is 1.99. The first kappa shape index (κ1) is 6.37. The number of aliphatic hydroxyl groups excluding tert-OH is 1. The Balaban J connectivity index is 2.76. The van der Waals surface area contributed by atoms with Crippen LogP contribution in [-0.2, 0) is 6.61 Å². The highest BCUT2D eigenvalue weighted by Crippen LogP contribution is 2.07. The summed E-state index contributed by atoms with van der Waals surface area (Å²) in [7, 11) is 0. The molecule has 3 nitrogen and oxygen atoms in total. The molecule has 0 spiro atoms. The van der Waals surface area contributed by atoms with Gasteiger partial charge in [0.15, 0.2) is 0 Å². The molecule has 0 saturated carbocycles. The van der Waals surface area contributed by atoms with Gasteiger partial charge in [0.05, 0.1) is 24.1 Å². The van der Waals surface area contributed by atoms with Gasteiger partial charge in [-0.2, -0.15) is 0 Å². The molecule has 2 rings (SSSR count). The van der Waals surface area contributed by atoms with Crippen LogP contribution >= 0.6 is 0 Å². The lowest BCUT2D eigenvalue weighted by Crippen LogP contribution is -1.84. The van der Waals surface area contributed by atoms with Crippen molar-refractivity contribution in [1.29, 1.82) is 0 Å². The van der Waals surface area contributed by atoms with Crippen LogP contribution in [0.3, 0.4) is 0 Å². The highest BCUT2D eigenvalue weighted by atomic mass is 16.3. The molecule has 0 aliphatic rings. The number of fused-ring (bicyclic) bond motifs is 1. The van der Waals surface area contributed by atoms with Crippen molar-refractivity contribution < 1.29 is 5.11 Å². The second-order valence-corrected chi connectivity index (χ2v) is 2.34. The Labute approximate surface area is 63.9 Å². The van der Waals surface area contributed by atoms with Crippen LogP contribution in [0, 0.1) is 0 Å². The zero-order valence-electron chi connectivity index (χ0n) is 5.94. The Morgan fingerprint density at radius 3 is 3.18 bits per heavy atom. The molecule has 2 heterocycles. The average molecular weight is 148 g/mol. The van der Waals surface area contributed by atoms with Gasteiger partial charge in [-0.25, -0.2) is 4.98 Å². The van der Waals surface area contributed by atoms with Crippen molar-refractivity contribution >= 4 is 5.52 Å². The molecule has 1 N–H and O–H groups in total. The van der Waals surface area contributed by atoms with E-state index in [1.165, 1.54) is 0 Å². The smallest absolute Gasteiger partial charge is 0.0996 e. The second kappa shape index (κ2) is 2.36. The van der Waals surface area contributed by atoms with Crippen LogP contribution < -0.4 is 0 Å². The van der Waals surface area contributed by atoms with E-state index in [-0.39, 0.29) is 6.61 Å². The molecule has 0 atom stereocenters. The van der Waals surface area contributed by atoms with Crippen LogP contribution in [-0.4, -0.2) is 14.5 Å². The molecular weight excluding hydrogens is 140 g/mol. The number of aliphatic hydroxyl groups is 1. The SMILES string of the molecule is OCc1ncn2ccccc12. The molecular formula is C8H8N2O. The normalized spacial score (nSPS) is 10.6. The minimum atomic E-state index is 0.000509. The van der Waals surface area contributed by atoms with Crippen molar-refractivity contribution in [3.63, 3.8) is 0 Å². The van der Waals surface area contributed by atoms with E-state index in [0.29, 0.717) is 0 Å². The maximum atomic E-state index is 8.85. The molecule has 0 radical (unpaired) electrons. The van der Waals surface area contributed by atoms with Gasteiger partial charge in [-0.15, -0.1) is 0 Å². The summed E-state index contributed by atoms with van der Waals surface area (Å²) in [5.74, 6) is 0. The zero-order valence-corrected chi connectivity index (χ0v) is 5.94. The highest BCUT2D eigenvalue weighted by molar-refractivity contribution is 5.51. The van der Waals surface area contributed by atoms with Crippen LogP contribution in [0.5, 0.6) is 0 Å². The van der Waals surface area contributed by atoms with Crippen molar-refractivity contribution in [2.75, 3.05) is 0 Å². The molecule has 0 aliphatic heterocycles. The lowest BCUT2D eigenvalue weighted by molar-refractivity contribution is 0.279. The van der Waals surface area contributed by atoms with Crippen molar-refractivity contribution in [2.45, 2.75) is 6.61 Å². The lowest BCUT2D eigenvalue weighted by atomic mass is 10.3. The standard InChI is InChI=1S/C8H8N2O/c11-5-7-8-3-1-2-4-10(8)6-9-7/h1-4,6,11H,5H2. The van der Waals surface area contributed by atoms with Crippen molar-refractivity contribution in [1.82, 2.24) is 9.38 Å². The summed E-state index contributed by atoms with van der Waals surface area (Å²) in [6, 6.07) is 5.78. The molecule has 0 aromatic carbocycles. The molecule has 56 valence electrons. The summed E-state index contributed by atoms with van der Waals surface area (Å²) in [5.41, 5.74) is 1.70. The van der Waals surface area contributed by atoms with Crippen LogP contribution in [0.15, 0.2) is 30.7 Å². The van der Waals surface area contributed by atoms with E-state index in [9.17, 15) is 0 Å². The lowest BCUT2D eigenvalue weighted by Gasteiger charge is -1.91. The third kappa shape index (κ3) is 0.897. The predicted octanol–water partition coefficient (Wildman–Crippen LogP) is 0.827. The summed E-state index contributed by atoms with van der Waals surface area (Å²) < 4.78 is 1.88. The largest absolute Gasteiger partial charge is 0.390 e. The summed E-state index contributed by atoms with van der Waals surface area (Å²) in [6.07, 6.45) is 3.60. The van der Waals surface area contributed by atoms with E-state index >= 15 is 0 Å². The van der Waals surface area contributed by atoms with E-state index in [1.54, 1.807) is 6.33 Å². The maximum Gasteiger partial charge on any atom is 0.0996 e. The Bertz CT molecular complexity index is 367. The second-order valence-electron chi connectivity index (χ2n) is 2.34. The first-order valence-electron chi connectivity index (χ1n) is 3.43. The van der Waals surface area contributed by atoms with Crippen LogP contribution in [0.25, 0.3) is 5.52 Å². The van der Waals surface area contributed by atoms with Crippen molar-refractivity contribution in [2.24, 2.45) is 0 Å². The summed E-state index contributed by atoms with van der Waals surface area (Å²) in [4.78, 5) is 4.03. The number of hydrogen-bond donors (Lipinski definition) is 1. The van der Waals surface area contributed by atoms with E-state index in [0.717, 1.165) is 11.2 Å². The fraction of sp³-hybridized carbons (Fsp3) is 0.125. The molecule has 2 aromatic heterocycles. The summed E-state index contributed by atoms with van der Waals surface area (Å²) >= 11 is 0. The number of pyridine rings is 1. The summed E-state index contributed by atoms with van der Waals surface area (Å²) in [6.45, 7) is 0.000509. The minimum absolute atomic E-state index is 0.000509. The number of aromatic nitrogens is 2. The van der Waals surface area contributed by atoms with Crippen molar-refractivity contribution in [3.05, 3.63) is 36.4 Å². The van der Waals surface area contributed by atoms with Gasteiger partial charge in [-0.3, -0.25) is 0 Å². The fourth-order valence-electron chi connectivity index (χ4n) is 1.12. The van der Waals surface area contributed by atoms with Gasteiger partial charge in [-0.05, 0) is 12.1 Å². The molecule has 0 fully saturated rings. The average Bonchev–Trinajstić information content (AvgIpc) is 2.47. The van der Waals surface area contributed by atoms with Gasteiger partial charge in [0.25, 0.3) is 0 Å². The van der Waals surface area contributed by atoms with Gasteiger partial charge in [-0.1, -0.05) is 6.07 Å². The molecule has 0 aliphatic carbocycles. The van der Waals surface area contributed by atoms with Gasteiger partial charge >= 0.3 is 0 Å². The summed E-state index contributed by atoms with van der Waals surface area (Å²) in [5, 5.41) is 8.85. The van der Waals surface area contributed by atoms with Crippen molar-refractivity contribution in [3.8, 4) is 0 Å². The Kier molecular flexibility index (Phi) is 1.36. The Morgan fingerprint density at radius 1 is 1.45 bits per heavy atom. The molecule has 3 heteroatoms. The zero-order chi connectivity index (χ0) is 7.68. The van der Waals surface area contributed by atoms with Crippen LogP contribution in [0.4, 0.5) is 0 Å². The van der Waals surface area contributed by atoms with Gasteiger partial charge in [0, 0.05) is 6.20 Å². The quantitative estimate of drug-likeness (QED) is 0.650. The first-order valence-corrected chi connectivity index (χ1v) is 3.43. The monoisotopic (exact) mass is 148 g/mol. The molecule has 0 amide bonds. The van der Waals surface area contributed by atoms with E-state index in [2.05, 4.69) is 4.98 Å². The Morgan fingerprint density at radius 2 is 2.36 bits per heavy atom. The van der Waals surface area contributed by atoms with Gasteiger partial charge in [0.2, 0.25) is 0 Å².